The number of allylic oxidation sites excluding steroid dienone is 2. The van der Waals surface area contributed by atoms with Gasteiger partial charge in [-0.25, -0.2) is 0 Å². The third kappa shape index (κ3) is 2.61. The van der Waals surface area contributed by atoms with Crippen molar-refractivity contribution in [2.75, 3.05) is 0 Å². The molecule has 0 aromatic carbocycles. The summed E-state index contributed by atoms with van der Waals surface area (Å²) in [5.74, 6) is 0.868. The Labute approximate surface area is 215 Å². The molecule has 10 atom stereocenters. The number of nitrogens with zero attached hydrogens (tertiary/aromatic N) is 1. The lowest BCUT2D eigenvalue weighted by Crippen LogP contribution is -2.67. The number of carboxylic acids is 1. The summed E-state index contributed by atoms with van der Waals surface area (Å²) in [7, 11) is 0. The molecule has 5 heteroatoms. The molecule has 1 aromatic rings. The lowest BCUT2D eigenvalue weighted by Gasteiger charge is -2.70. The molecule has 5 aliphatic carbocycles. The SMILES string of the molecule is C[C@H]1[C@H](C)CC[C@]2(C)CC[C@]3(C)C(=CC(=O)[C@@H]4[C@@]5(C)Cc6cn[nH]c6[C@](C)(C(=O)O)[C@@H]5CC[C@]43C)[C@H]12. The summed E-state index contributed by atoms with van der Waals surface area (Å²) in [4.78, 5) is 27.3. The normalized spacial score (nSPS) is 51.7. The van der Waals surface area contributed by atoms with Gasteiger partial charge in [0.25, 0.3) is 0 Å². The van der Waals surface area contributed by atoms with Crippen molar-refractivity contribution in [3.63, 3.8) is 0 Å². The highest BCUT2D eigenvalue weighted by Gasteiger charge is 2.71. The van der Waals surface area contributed by atoms with Crippen LogP contribution in [0.5, 0.6) is 0 Å². The Hall–Kier alpha value is -1.91. The van der Waals surface area contributed by atoms with Gasteiger partial charge in [0, 0.05) is 5.92 Å². The summed E-state index contributed by atoms with van der Waals surface area (Å²) >= 11 is 0. The third-order valence-electron chi connectivity index (χ3n) is 13.4. The quantitative estimate of drug-likeness (QED) is 0.479. The molecule has 3 saturated carbocycles. The van der Waals surface area contributed by atoms with Crippen LogP contribution in [0.1, 0.15) is 98.2 Å². The predicted octanol–water partition coefficient (Wildman–Crippen LogP) is 6.34. The van der Waals surface area contributed by atoms with Crippen molar-refractivity contribution >= 4 is 11.8 Å². The number of H-pyrrole nitrogens is 1. The zero-order valence-corrected chi connectivity index (χ0v) is 23.2. The van der Waals surface area contributed by atoms with Crippen LogP contribution in [0.15, 0.2) is 17.8 Å². The van der Waals surface area contributed by atoms with Crippen LogP contribution in [0.4, 0.5) is 0 Å². The molecule has 2 N–H and O–H groups in total. The van der Waals surface area contributed by atoms with E-state index in [4.69, 9.17) is 0 Å². The highest BCUT2D eigenvalue weighted by Crippen LogP contribution is 2.74. The molecule has 196 valence electrons. The number of aromatic nitrogens is 2. The first-order valence-corrected chi connectivity index (χ1v) is 14.3. The lowest BCUT2D eigenvalue weighted by molar-refractivity contribution is -0.181. The maximum Gasteiger partial charge on any atom is 0.315 e. The summed E-state index contributed by atoms with van der Waals surface area (Å²) in [6.07, 6.45) is 11.2. The summed E-state index contributed by atoms with van der Waals surface area (Å²) in [6.45, 7) is 16.3. The number of fused-ring (bicyclic) bond motifs is 8. The van der Waals surface area contributed by atoms with E-state index in [1.54, 1.807) is 6.20 Å². The Balaban J connectivity index is 1.53. The molecule has 0 radical (unpaired) electrons. The van der Waals surface area contributed by atoms with E-state index in [0.717, 1.165) is 30.5 Å². The molecule has 3 fully saturated rings. The lowest BCUT2D eigenvalue weighted by atomic mass is 9.33. The molecule has 0 aliphatic heterocycles. The first-order valence-electron chi connectivity index (χ1n) is 14.3. The molecule has 0 saturated heterocycles. The molecule has 36 heavy (non-hydrogen) atoms. The highest BCUT2D eigenvalue weighted by molar-refractivity contribution is 5.96. The molecular formula is C31H44N2O3. The topological polar surface area (TPSA) is 83.0 Å². The van der Waals surface area contributed by atoms with Crippen molar-refractivity contribution < 1.29 is 14.7 Å². The van der Waals surface area contributed by atoms with Gasteiger partial charge in [-0.3, -0.25) is 14.7 Å². The molecule has 0 unspecified atom stereocenters. The van der Waals surface area contributed by atoms with E-state index in [1.807, 2.05) is 6.92 Å². The van der Waals surface area contributed by atoms with Gasteiger partial charge in [0.15, 0.2) is 5.78 Å². The van der Waals surface area contributed by atoms with Crippen molar-refractivity contribution in [1.82, 2.24) is 10.2 Å². The first-order chi connectivity index (χ1) is 16.7. The van der Waals surface area contributed by atoms with Crippen LogP contribution in [-0.4, -0.2) is 27.1 Å². The number of hydrogen-bond donors (Lipinski definition) is 2. The van der Waals surface area contributed by atoms with E-state index in [9.17, 15) is 14.7 Å². The maximum absolute atomic E-state index is 14.4. The summed E-state index contributed by atoms with van der Waals surface area (Å²) in [6, 6.07) is 0. The predicted molar refractivity (Wildman–Crippen MR) is 139 cm³/mol. The Morgan fingerprint density at radius 3 is 2.47 bits per heavy atom. The van der Waals surface area contributed by atoms with Crippen LogP contribution in [0.2, 0.25) is 0 Å². The van der Waals surface area contributed by atoms with Crippen LogP contribution >= 0.6 is 0 Å². The largest absolute Gasteiger partial charge is 0.481 e. The average Bonchev–Trinajstić information content (AvgIpc) is 3.26. The van der Waals surface area contributed by atoms with E-state index in [1.165, 1.54) is 24.8 Å². The molecule has 6 rings (SSSR count). The number of carboxylic acid groups (broad SMARTS) is 1. The molecular weight excluding hydrogens is 448 g/mol. The second kappa shape index (κ2) is 7.14. The van der Waals surface area contributed by atoms with Gasteiger partial charge < -0.3 is 5.11 Å². The second-order valence-corrected chi connectivity index (χ2v) is 14.7. The van der Waals surface area contributed by atoms with E-state index < -0.39 is 16.8 Å². The number of aliphatic carboxylic acids is 1. The van der Waals surface area contributed by atoms with Crippen molar-refractivity contribution in [2.45, 2.75) is 98.8 Å². The summed E-state index contributed by atoms with van der Waals surface area (Å²) < 4.78 is 0. The van der Waals surface area contributed by atoms with Gasteiger partial charge in [0.2, 0.25) is 0 Å². The monoisotopic (exact) mass is 492 g/mol. The van der Waals surface area contributed by atoms with Crippen LogP contribution < -0.4 is 0 Å². The fraction of sp³-hybridized carbons (Fsp3) is 0.774. The first kappa shape index (κ1) is 24.4. The van der Waals surface area contributed by atoms with Gasteiger partial charge in [0.1, 0.15) is 5.41 Å². The van der Waals surface area contributed by atoms with Crippen LogP contribution in [0, 0.1) is 51.2 Å². The number of carbonyl (C=O) groups excluding carboxylic acids is 1. The van der Waals surface area contributed by atoms with E-state index >= 15 is 0 Å². The maximum atomic E-state index is 14.4. The Bertz CT molecular complexity index is 1180. The van der Waals surface area contributed by atoms with Gasteiger partial charge in [-0.15, -0.1) is 0 Å². The number of rotatable bonds is 1. The Kier molecular flexibility index (Phi) is 4.84. The molecule has 1 aromatic heterocycles. The number of hydrogen-bond acceptors (Lipinski definition) is 3. The molecule has 5 aliphatic rings. The van der Waals surface area contributed by atoms with E-state index in [-0.39, 0.29) is 33.9 Å². The fourth-order valence-electron chi connectivity index (χ4n) is 11.0. The smallest absolute Gasteiger partial charge is 0.315 e. The minimum Gasteiger partial charge on any atom is -0.481 e. The van der Waals surface area contributed by atoms with Crippen molar-refractivity contribution in [3.8, 4) is 0 Å². The number of carbonyl (C=O) groups is 2. The van der Waals surface area contributed by atoms with Gasteiger partial charge >= 0.3 is 5.97 Å². The van der Waals surface area contributed by atoms with Crippen LogP contribution in [0.25, 0.3) is 0 Å². The molecule has 1 heterocycles. The fourth-order valence-corrected chi connectivity index (χ4v) is 11.0. The van der Waals surface area contributed by atoms with Crippen molar-refractivity contribution in [1.29, 1.82) is 0 Å². The summed E-state index contributed by atoms with van der Waals surface area (Å²) in [5, 5.41) is 17.9. The van der Waals surface area contributed by atoms with Gasteiger partial charge in [-0.2, -0.15) is 5.10 Å². The van der Waals surface area contributed by atoms with Crippen LogP contribution in [0.3, 0.4) is 0 Å². The average molecular weight is 493 g/mol. The van der Waals surface area contributed by atoms with E-state index in [2.05, 4.69) is 57.8 Å². The highest BCUT2D eigenvalue weighted by atomic mass is 16.4. The molecule has 0 bridgehead atoms. The minimum absolute atomic E-state index is 0.0364. The van der Waals surface area contributed by atoms with Gasteiger partial charge in [-0.1, -0.05) is 47.1 Å². The van der Waals surface area contributed by atoms with Gasteiger partial charge in [-0.05, 0) is 109 Å². The number of nitrogens with one attached hydrogen (secondary N) is 1. The zero-order chi connectivity index (χ0) is 26.1. The molecule has 5 nitrogen and oxygen atoms in total. The summed E-state index contributed by atoms with van der Waals surface area (Å²) in [5.41, 5.74) is 1.72. The standard InChI is InChI=1S/C31H44N2O3/c1-17-8-10-27(3)12-13-29(5)20(23(27)18(17)2)14-21(34)24-28(4)15-19-16-32-33-25(19)31(7,26(35)36)22(28)9-11-30(24,29)6/h14,16-18,22-24H,8-13,15H2,1-7H3,(H,32,33)(H,35,36)/t17-,18+,22-,23+,24-,27-,28+,29-,30-,31-/m1/s1. The minimum atomic E-state index is -1.07. The van der Waals surface area contributed by atoms with Crippen LogP contribution in [-0.2, 0) is 21.4 Å². The zero-order valence-electron chi connectivity index (χ0n) is 23.2. The Morgan fingerprint density at radius 1 is 1.06 bits per heavy atom. The number of ketones is 1. The molecule has 0 amide bonds. The van der Waals surface area contributed by atoms with Gasteiger partial charge in [0.05, 0.1) is 11.9 Å². The van der Waals surface area contributed by atoms with E-state index in [0.29, 0.717) is 24.2 Å². The van der Waals surface area contributed by atoms with Crippen molar-refractivity contribution in [2.24, 2.45) is 51.2 Å². The second-order valence-electron chi connectivity index (χ2n) is 14.7. The van der Waals surface area contributed by atoms with Crippen molar-refractivity contribution in [3.05, 3.63) is 29.1 Å². The molecule has 0 spiro atoms. The Morgan fingerprint density at radius 2 is 1.78 bits per heavy atom. The third-order valence-corrected chi connectivity index (χ3v) is 13.4. The number of aromatic amines is 1.